The van der Waals surface area contributed by atoms with Crippen molar-refractivity contribution in [3.05, 3.63) is 53.3 Å². The molecule has 0 atom stereocenters. The van der Waals surface area contributed by atoms with E-state index in [1.807, 2.05) is 27.7 Å². The monoisotopic (exact) mass is 300 g/mol. The molecule has 2 aromatic rings. The molecule has 0 radical (unpaired) electrons. The standard InChI is InChI=1S/C17H20N2O3/c1-11-7-8-13(20)12(10-11)15(19-22-17(2,3)4)16-14(21)6-5-9-18-16/h5-10,20-21H,1-4H3/b19-15-. The van der Waals surface area contributed by atoms with Crippen LogP contribution in [-0.2, 0) is 4.84 Å². The highest BCUT2D eigenvalue weighted by Gasteiger charge is 2.19. The average Bonchev–Trinajstić information content (AvgIpc) is 2.43. The number of aromatic hydroxyl groups is 2. The maximum atomic E-state index is 10.1. The molecule has 0 spiro atoms. The van der Waals surface area contributed by atoms with Gasteiger partial charge in [-0.1, -0.05) is 16.8 Å². The van der Waals surface area contributed by atoms with E-state index >= 15 is 0 Å². The maximum absolute atomic E-state index is 10.1. The Kier molecular flexibility index (Phi) is 4.35. The van der Waals surface area contributed by atoms with Crippen LogP contribution in [0.15, 0.2) is 41.7 Å². The third kappa shape index (κ3) is 3.75. The van der Waals surface area contributed by atoms with Crippen molar-refractivity contribution in [2.75, 3.05) is 0 Å². The third-order valence-corrected chi connectivity index (χ3v) is 2.83. The van der Waals surface area contributed by atoms with E-state index < -0.39 is 5.60 Å². The first-order valence-electron chi connectivity index (χ1n) is 6.98. The van der Waals surface area contributed by atoms with E-state index in [0.717, 1.165) is 5.56 Å². The molecule has 0 aliphatic rings. The van der Waals surface area contributed by atoms with E-state index in [9.17, 15) is 10.2 Å². The summed E-state index contributed by atoms with van der Waals surface area (Å²) < 4.78 is 0. The summed E-state index contributed by atoms with van der Waals surface area (Å²) in [5, 5.41) is 24.3. The van der Waals surface area contributed by atoms with Gasteiger partial charge in [-0.3, -0.25) is 4.98 Å². The highest BCUT2D eigenvalue weighted by Crippen LogP contribution is 2.26. The minimum absolute atomic E-state index is 0.0281. The van der Waals surface area contributed by atoms with Gasteiger partial charge >= 0.3 is 0 Å². The highest BCUT2D eigenvalue weighted by molar-refractivity contribution is 6.14. The van der Waals surface area contributed by atoms with Crippen molar-refractivity contribution in [3.63, 3.8) is 0 Å². The fraction of sp³-hybridized carbons (Fsp3) is 0.294. The number of phenolic OH excluding ortho intramolecular Hbond substituents is 1. The first-order chi connectivity index (χ1) is 10.3. The summed E-state index contributed by atoms with van der Waals surface area (Å²) in [6.07, 6.45) is 1.55. The lowest BCUT2D eigenvalue weighted by Gasteiger charge is -2.17. The second kappa shape index (κ2) is 6.05. The fourth-order valence-corrected chi connectivity index (χ4v) is 1.82. The van der Waals surface area contributed by atoms with Crippen LogP contribution in [-0.4, -0.2) is 26.5 Å². The molecule has 5 nitrogen and oxygen atoms in total. The first-order valence-corrected chi connectivity index (χ1v) is 6.98. The second-order valence-corrected chi connectivity index (χ2v) is 6.04. The van der Waals surface area contributed by atoms with Crippen molar-refractivity contribution in [2.45, 2.75) is 33.3 Å². The van der Waals surface area contributed by atoms with Gasteiger partial charge in [0.05, 0.1) is 0 Å². The summed E-state index contributed by atoms with van der Waals surface area (Å²) >= 11 is 0. The van der Waals surface area contributed by atoms with Gasteiger partial charge in [0.15, 0.2) is 0 Å². The van der Waals surface area contributed by atoms with E-state index in [1.54, 1.807) is 30.5 Å². The van der Waals surface area contributed by atoms with Crippen LogP contribution in [0.3, 0.4) is 0 Å². The zero-order chi connectivity index (χ0) is 16.3. The van der Waals surface area contributed by atoms with Gasteiger partial charge in [-0.05, 0) is 52.0 Å². The lowest BCUT2D eigenvalue weighted by atomic mass is 10.0. The van der Waals surface area contributed by atoms with Gasteiger partial charge in [0.25, 0.3) is 0 Å². The molecule has 0 aliphatic carbocycles. The van der Waals surface area contributed by atoms with Crippen LogP contribution in [0.1, 0.15) is 37.6 Å². The Morgan fingerprint density at radius 1 is 1.14 bits per heavy atom. The van der Waals surface area contributed by atoms with E-state index in [2.05, 4.69) is 10.1 Å². The predicted octanol–water partition coefficient (Wildman–Crippen LogP) is 3.37. The number of nitrogens with zero attached hydrogens (tertiary/aromatic N) is 2. The molecule has 116 valence electrons. The molecular weight excluding hydrogens is 280 g/mol. The minimum atomic E-state index is -0.505. The molecule has 1 aromatic carbocycles. The van der Waals surface area contributed by atoms with E-state index in [1.165, 1.54) is 6.07 Å². The van der Waals surface area contributed by atoms with Crippen LogP contribution in [0.5, 0.6) is 11.5 Å². The summed E-state index contributed by atoms with van der Waals surface area (Å²) in [6.45, 7) is 7.50. The van der Waals surface area contributed by atoms with Crippen molar-refractivity contribution >= 4 is 5.71 Å². The van der Waals surface area contributed by atoms with E-state index in [-0.39, 0.29) is 22.9 Å². The smallest absolute Gasteiger partial charge is 0.143 e. The molecule has 0 unspecified atom stereocenters. The largest absolute Gasteiger partial charge is 0.507 e. The molecule has 2 rings (SSSR count). The summed E-state index contributed by atoms with van der Waals surface area (Å²) in [5.41, 5.74) is 1.45. The summed E-state index contributed by atoms with van der Waals surface area (Å²) in [4.78, 5) is 9.63. The van der Waals surface area contributed by atoms with E-state index in [4.69, 9.17) is 4.84 Å². The molecule has 5 heteroatoms. The molecule has 1 heterocycles. The second-order valence-electron chi connectivity index (χ2n) is 6.04. The van der Waals surface area contributed by atoms with Gasteiger partial charge in [0, 0.05) is 11.8 Å². The zero-order valence-corrected chi connectivity index (χ0v) is 13.2. The van der Waals surface area contributed by atoms with Gasteiger partial charge in [0.2, 0.25) is 0 Å². The molecule has 22 heavy (non-hydrogen) atoms. The molecule has 0 amide bonds. The van der Waals surface area contributed by atoms with Gasteiger partial charge < -0.3 is 15.1 Å². The Morgan fingerprint density at radius 2 is 1.86 bits per heavy atom. The van der Waals surface area contributed by atoms with Gasteiger partial charge in [-0.2, -0.15) is 0 Å². The van der Waals surface area contributed by atoms with Crippen LogP contribution >= 0.6 is 0 Å². The Morgan fingerprint density at radius 3 is 2.50 bits per heavy atom. The number of aromatic nitrogens is 1. The van der Waals surface area contributed by atoms with Crippen LogP contribution in [0.4, 0.5) is 0 Å². The van der Waals surface area contributed by atoms with Crippen LogP contribution in [0.2, 0.25) is 0 Å². The lowest BCUT2D eigenvalue weighted by molar-refractivity contribution is 0.00109. The predicted molar refractivity (Wildman–Crippen MR) is 85.2 cm³/mol. The fourth-order valence-electron chi connectivity index (χ4n) is 1.82. The highest BCUT2D eigenvalue weighted by atomic mass is 16.6. The van der Waals surface area contributed by atoms with Gasteiger partial charge in [0.1, 0.15) is 28.5 Å². The molecule has 0 aliphatic heterocycles. The summed E-state index contributed by atoms with van der Waals surface area (Å²) in [6, 6.07) is 8.28. The van der Waals surface area contributed by atoms with Crippen molar-refractivity contribution in [1.82, 2.24) is 4.98 Å². The van der Waals surface area contributed by atoms with Crippen LogP contribution in [0.25, 0.3) is 0 Å². The molecule has 0 fully saturated rings. The zero-order valence-electron chi connectivity index (χ0n) is 13.2. The minimum Gasteiger partial charge on any atom is -0.507 e. The number of benzene rings is 1. The summed E-state index contributed by atoms with van der Waals surface area (Å²) in [7, 11) is 0. The number of aryl methyl sites for hydroxylation is 1. The number of phenols is 1. The number of hydrogen-bond acceptors (Lipinski definition) is 5. The Hall–Kier alpha value is -2.56. The van der Waals surface area contributed by atoms with Crippen molar-refractivity contribution in [2.24, 2.45) is 5.16 Å². The third-order valence-electron chi connectivity index (χ3n) is 2.83. The number of pyridine rings is 1. The van der Waals surface area contributed by atoms with Crippen molar-refractivity contribution in [1.29, 1.82) is 0 Å². The summed E-state index contributed by atoms with van der Waals surface area (Å²) in [5.74, 6) is 0.0200. The number of rotatable bonds is 3. The van der Waals surface area contributed by atoms with Crippen molar-refractivity contribution in [3.8, 4) is 11.5 Å². The van der Waals surface area contributed by atoms with Crippen LogP contribution in [0, 0.1) is 6.92 Å². The number of hydrogen-bond donors (Lipinski definition) is 2. The average molecular weight is 300 g/mol. The quantitative estimate of drug-likeness (QED) is 0.673. The topological polar surface area (TPSA) is 74.9 Å². The Bertz CT molecular complexity index is 703. The van der Waals surface area contributed by atoms with Gasteiger partial charge in [-0.15, -0.1) is 0 Å². The first kappa shape index (κ1) is 15.8. The Labute approximate surface area is 129 Å². The Balaban J connectivity index is 2.61. The molecule has 1 aromatic heterocycles. The molecular formula is C17H20N2O3. The van der Waals surface area contributed by atoms with Gasteiger partial charge in [-0.25, -0.2) is 0 Å². The molecule has 2 N–H and O–H groups in total. The molecule has 0 bridgehead atoms. The normalized spacial score (nSPS) is 12.3. The van der Waals surface area contributed by atoms with Crippen molar-refractivity contribution < 1.29 is 15.1 Å². The van der Waals surface area contributed by atoms with Crippen LogP contribution < -0.4 is 0 Å². The molecule has 0 saturated heterocycles. The SMILES string of the molecule is Cc1ccc(O)c(/C(=N/OC(C)(C)C)c2ncccc2O)c1. The number of oxime groups is 1. The lowest BCUT2D eigenvalue weighted by Crippen LogP contribution is -2.18. The molecule has 0 saturated carbocycles. The maximum Gasteiger partial charge on any atom is 0.143 e. The van der Waals surface area contributed by atoms with E-state index in [0.29, 0.717) is 5.56 Å².